The molecule has 26 heavy (non-hydrogen) atoms. The molecule has 0 bridgehead atoms. The number of benzene rings is 2. The van der Waals surface area contributed by atoms with Crippen LogP contribution in [0, 0.1) is 0 Å². The Morgan fingerprint density at radius 2 is 1.88 bits per heavy atom. The van der Waals surface area contributed by atoms with Crippen LogP contribution >= 0.6 is 0 Å². The molecule has 1 heterocycles. The molecule has 1 saturated heterocycles. The average molecular weight is 360 g/mol. The number of aliphatic imine (C=N–C) groups is 1. The third kappa shape index (κ3) is 4.91. The van der Waals surface area contributed by atoms with Crippen molar-refractivity contribution in [2.24, 2.45) is 4.99 Å². The van der Waals surface area contributed by atoms with Gasteiger partial charge < -0.3 is 10.6 Å². The van der Waals surface area contributed by atoms with Gasteiger partial charge in [0.05, 0.1) is 6.54 Å². The molecule has 0 amide bonds. The molecule has 0 radical (unpaired) electrons. The Hall–Kier alpha value is -2.21. The van der Waals surface area contributed by atoms with Crippen LogP contribution in [0.2, 0.25) is 0 Å². The molecule has 0 aromatic heterocycles. The second kappa shape index (κ2) is 8.94. The molecule has 0 aliphatic carbocycles. The van der Waals surface area contributed by atoms with Crippen LogP contribution in [0.15, 0.2) is 47.5 Å². The highest BCUT2D eigenvalue weighted by atomic mass is 19.3. The van der Waals surface area contributed by atoms with Crippen LogP contribution < -0.4 is 10.6 Å². The predicted molar refractivity (Wildman–Crippen MR) is 103 cm³/mol. The lowest BCUT2D eigenvalue weighted by Crippen LogP contribution is -2.49. The number of nitrogens with zero attached hydrogens (tertiary/aromatic N) is 2. The molecule has 2 aromatic rings. The monoisotopic (exact) mass is 360 g/mol. The van der Waals surface area contributed by atoms with Gasteiger partial charge in [-0.1, -0.05) is 42.5 Å². The molecular weight excluding hydrogens is 334 g/mol. The van der Waals surface area contributed by atoms with Crippen LogP contribution in [0.5, 0.6) is 0 Å². The number of rotatable bonds is 5. The molecule has 1 aliphatic rings. The molecule has 1 aliphatic heterocycles. The van der Waals surface area contributed by atoms with Crippen molar-refractivity contribution in [1.82, 2.24) is 15.5 Å². The van der Waals surface area contributed by atoms with E-state index in [0.717, 1.165) is 18.8 Å². The zero-order valence-corrected chi connectivity index (χ0v) is 15.1. The molecule has 0 spiro atoms. The SMILES string of the molecule is CN=C(NCc1cccc2ccccc12)NC1CCN(CC(F)F)CC1. The first kappa shape index (κ1) is 18.6. The van der Waals surface area contributed by atoms with Gasteiger partial charge in [-0.25, -0.2) is 8.78 Å². The zero-order chi connectivity index (χ0) is 18.4. The van der Waals surface area contributed by atoms with Crippen LogP contribution in [0.4, 0.5) is 8.78 Å². The first-order valence-corrected chi connectivity index (χ1v) is 9.10. The minimum Gasteiger partial charge on any atom is -0.354 e. The van der Waals surface area contributed by atoms with Crippen molar-refractivity contribution in [3.8, 4) is 0 Å². The summed E-state index contributed by atoms with van der Waals surface area (Å²) in [5.41, 5.74) is 1.22. The number of halogens is 2. The summed E-state index contributed by atoms with van der Waals surface area (Å²) in [6, 6.07) is 14.9. The summed E-state index contributed by atoms with van der Waals surface area (Å²) in [6.45, 7) is 1.96. The minimum atomic E-state index is -2.25. The molecule has 0 saturated carbocycles. The normalized spacial score (nSPS) is 17.0. The molecular formula is C20H26F2N4. The molecule has 6 heteroatoms. The second-order valence-corrected chi connectivity index (χ2v) is 6.67. The first-order chi connectivity index (χ1) is 12.7. The Balaban J connectivity index is 1.53. The van der Waals surface area contributed by atoms with Crippen LogP contribution in [-0.2, 0) is 6.54 Å². The third-order valence-corrected chi connectivity index (χ3v) is 4.87. The Bertz CT molecular complexity index is 734. The van der Waals surface area contributed by atoms with E-state index >= 15 is 0 Å². The Morgan fingerprint density at radius 1 is 1.15 bits per heavy atom. The van der Waals surface area contributed by atoms with Crippen LogP contribution in [0.3, 0.4) is 0 Å². The summed E-state index contributed by atoms with van der Waals surface area (Å²) >= 11 is 0. The highest BCUT2D eigenvalue weighted by molar-refractivity contribution is 5.86. The van der Waals surface area contributed by atoms with E-state index in [9.17, 15) is 8.78 Å². The van der Waals surface area contributed by atoms with Crippen molar-refractivity contribution in [3.63, 3.8) is 0 Å². The second-order valence-electron chi connectivity index (χ2n) is 6.67. The number of hydrogen-bond donors (Lipinski definition) is 2. The molecule has 1 fully saturated rings. The maximum atomic E-state index is 12.5. The topological polar surface area (TPSA) is 39.7 Å². The van der Waals surface area contributed by atoms with Gasteiger partial charge in [-0.15, -0.1) is 0 Å². The van der Waals surface area contributed by atoms with Crippen LogP contribution in [-0.4, -0.2) is 50.0 Å². The number of alkyl halides is 2. The van der Waals surface area contributed by atoms with Crippen LogP contribution in [0.25, 0.3) is 10.8 Å². The third-order valence-electron chi connectivity index (χ3n) is 4.87. The van der Waals surface area contributed by atoms with E-state index in [-0.39, 0.29) is 12.6 Å². The van der Waals surface area contributed by atoms with Gasteiger partial charge in [-0.3, -0.25) is 9.89 Å². The van der Waals surface area contributed by atoms with Crippen molar-refractivity contribution in [1.29, 1.82) is 0 Å². The van der Waals surface area contributed by atoms with E-state index in [1.807, 2.05) is 17.0 Å². The fourth-order valence-corrected chi connectivity index (χ4v) is 3.47. The van der Waals surface area contributed by atoms with Gasteiger partial charge in [0.15, 0.2) is 5.96 Å². The number of hydrogen-bond acceptors (Lipinski definition) is 2. The van der Waals surface area contributed by atoms with E-state index in [0.29, 0.717) is 19.6 Å². The van der Waals surface area contributed by atoms with E-state index in [4.69, 9.17) is 0 Å². The highest BCUT2D eigenvalue weighted by Crippen LogP contribution is 2.18. The maximum absolute atomic E-state index is 12.5. The van der Waals surface area contributed by atoms with Crippen molar-refractivity contribution in [2.45, 2.75) is 31.9 Å². The summed E-state index contributed by atoms with van der Waals surface area (Å²) < 4.78 is 24.9. The van der Waals surface area contributed by atoms with Gasteiger partial charge in [0.1, 0.15) is 0 Å². The summed E-state index contributed by atoms with van der Waals surface area (Å²) in [6.07, 6.45) is -0.557. The fraction of sp³-hybridized carbons (Fsp3) is 0.450. The first-order valence-electron chi connectivity index (χ1n) is 9.10. The lowest BCUT2D eigenvalue weighted by atomic mass is 10.0. The summed E-state index contributed by atoms with van der Waals surface area (Å²) in [5.74, 6) is 0.755. The quantitative estimate of drug-likeness (QED) is 0.635. The van der Waals surface area contributed by atoms with E-state index in [2.05, 4.69) is 46.0 Å². The van der Waals surface area contributed by atoms with E-state index in [1.165, 1.54) is 16.3 Å². The number of nitrogens with one attached hydrogen (secondary N) is 2. The fourth-order valence-electron chi connectivity index (χ4n) is 3.47. The van der Waals surface area contributed by atoms with E-state index < -0.39 is 6.43 Å². The van der Waals surface area contributed by atoms with E-state index in [1.54, 1.807) is 7.05 Å². The lowest BCUT2D eigenvalue weighted by molar-refractivity contribution is 0.0744. The molecule has 0 unspecified atom stereocenters. The van der Waals surface area contributed by atoms with Gasteiger partial charge in [-0.2, -0.15) is 0 Å². The Labute approximate surface area is 153 Å². The number of guanidine groups is 1. The van der Waals surface area contributed by atoms with Crippen LogP contribution in [0.1, 0.15) is 18.4 Å². The maximum Gasteiger partial charge on any atom is 0.251 e. The standard InChI is InChI=1S/C20H26F2N4/c1-23-20(25-17-9-11-26(12-10-17)14-19(21)22)24-13-16-7-4-6-15-5-2-3-8-18(15)16/h2-8,17,19H,9-14H2,1H3,(H2,23,24,25). The van der Waals surface area contributed by atoms with Gasteiger partial charge in [0, 0.05) is 32.7 Å². The summed E-state index contributed by atoms with van der Waals surface area (Å²) in [4.78, 5) is 6.13. The highest BCUT2D eigenvalue weighted by Gasteiger charge is 2.21. The van der Waals surface area contributed by atoms with Crippen molar-refractivity contribution < 1.29 is 8.78 Å². The van der Waals surface area contributed by atoms with Gasteiger partial charge in [0.2, 0.25) is 0 Å². The molecule has 4 nitrogen and oxygen atoms in total. The summed E-state index contributed by atoms with van der Waals surface area (Å²) in [5, 5.41) is 9.25. The van der Waals surface area contributed by atoms with Crippen molar-refractivity contribution >= 4 is 16.7 Å². The van der Waals surface area contributed by atoms with Gasteiger partial charge in [-0.05, 0) is 29.2 Å². The molecule has 2 N–H and O–H groups in total. The van der Waals surface area contributed by atoms with Gasteiger partial charge in [0.25, 0.3) is 6.43 Å². The van der Waals surface area contributed by atoms with Gasteiger partial charge >= 0.3 is 0 Å². The minimum absolute atomic E-state index is 0.124. The molecule has 140 valence electrons. The molecule has 0 atom stereocenters. The Kier molecular flexibility index (Phi) is 6.39. The number of piperidine rings is 1. The molecule has 2 aromatic carbocycles. The Morgan fingerprint density at radius 3 is 2.62 bits per heavy atom. The zero-order valence-electron chi connectivity index (χ0n) is 15.1. The number of likely N-dealkylation sites (tertiary alicyclic amines) is 1. The smallest absolute Gasteiger partial charge is 0.251 e. The summed E-state index contributed by atoms with van der Waals surface area (Å²) in [7, 11) is 1.75. The average Bonchev–Trinajstić information content (AvgIpc) is 2.66. The van der Waals surface area contributed by atoms with Crippen molar-refractivity contribution in [2.75, 3.05) is 26.7 Å². The predicted octanol–water partition coefficient (Wildman–Crippen LogP) is 3.23. The number of fused-ring (bicyclic) bond motifs is 1. The largest absolute Gasteiger partial charge is 0.354 e. The molecule has 3 rings (SSSR count). The van der Waals surface area contributed by atoms with Crippen molar-refractivity contribution in [3.05, 3.63) is 48.0 Å². The lowest BCUT2D eigenvalue weighted by Gasteiger charge is -2.32.